The number of likely N-dealkylation sites (N-methyl/N-ethyl adjacent to an activating group) is 2. The van der Waals surface area contributed by atoms with Crippen LogP contribution in [0.4, 0.5) is 0 Å². The Morgan fingerprint density at radius 3 is 0.968 bits per heavy atom. The molecule has 31 heavy (non-hydrogen) atoms. The second kappa shape index (κ2) is 24.5. The monoisotopic (exact) mass is 558 g/mol. The molecule has 0 aliphatic carbocycles. The maximum atomic E-state index is 4.70. The van der Waals surface area contributed by atoms with Crippen molar-refractivity contribution in [3.05, 3.63) is 24.3 Å². The first-order chi connectivity index (χ1) is 14.3. The summed E-state index contributed by atoms with van der Waals surface area (Å²) in [7, 11) is 18.2. The van der Waals surface area contributed by atoms with Crippen molar-refractivity contribution in [3.63, 3.8) is 0 Å². The zero-order valence-corrected chi connectivity index (χ0v) is 26.6. The van der Waals surface area contributed by atoms with Crippen LogP contribution in [0.2, 0.25) is 0 Å². The van der Waals surface area contributed by atoms with Crippen molar-refractivity contribution in [2.45, 2.75) is 78.0 Å². The molecule has 0 rings (SSSR count). The Bertz CT molecular complexity index is 376. The average molecular weight is 560 g/mol. The van der Waals surface area contributed by atoms with Crippen molar-refractivity contribution >= 4 is 36.2 Å². The van der Waals surface area contributed by atoms with Crippen molar-refractivity contribution in [2.24, 2.45) is 0 Å². The van der Waals surface area contributed by atoms with Crippen molar-refractivity contribution in [1.29, 1.82) is 0 Å². The summed E-state index contributed by atoms with van der Waals surface area (Å²) in [5.41, 5.74) is 3.42. The van der Waals surface area contributed by atoms with Gasteiger partial charge in [-0.2, -0.15) is 0 Å². The molecule has 0 unspecified atom stereocenters. The Balaban J connectivity index is -0.000000448. The summed E-state index contributed by atoms with van der Waals surface area (Å²) in [6.45, 7) is 21.0. The molecule has 0 aliphatic heterocycles. The van der Waals surface area contributed by atoms with Gasteiger partial charge in [0.2, 0.25) is 0 Å². The summed E-state index contributed by atoms with van der Waals surface area (Å²) >= 11 is 0.569. The third-order valence-electron chi connectivity index (χ3n) is 4.56. The summed E-state index contributed by atoms with van der Waals surface area (Å²) in [5, 5.41) is 0. The minimum atomic E-state index is 0.185. The van der Waals surface area contributed by atoms with Crippen LogP contribution in [0, 0.1) is 0 Å². The first kappa shape index (κ1) is 36.9. The number of hydrogen-bond donors (Lipinski definition) is 0. The van der Waals surface area contributed by atoms with Crippen LogP contribution in [-0.2, 0) is 12.7 Å². The molecule has 0 N–H and O–H groups in total. The summed E-state index contributed by atoms with van der Waals surface area (Å²) in [4.78, 5) is 4.40. The molecule has 0 atom stereocenters. The van der Waals surface area contributed by atoms with E-state index in [2.05, 4.69) is 118 Å². The van der Waals surface area contributed by atoms with E-state index in [0.717, 1.165) is 35.7 Å². The van der Waals surface area contributed by atoms with Gasteiger partial charge in [-0.15, -0.1) is 0 Å². The Kier molecular flexibility index (Phi) is 29.1. The van der Waals surface area contributed by atoms with Crippen LogP contribution in [-0.4, -0.2) is 86.0 Å². The van der Waals surface area contributed by atoms with Gasteiger partial charge in [-0.1, -0.05) is 95.5 Å². The van der Waals surface area contributed by atoms with E-state index in [-0.39, 0.29) is 15.8 Å². The van der Waals surface area contributed by atoms with E-state index in [1.165, 1.54) is 12.3 Å². The van der Waals surface area contributed by atoms with Crippen LogP contribution in [0.15, 0.2) is 24.3 Å². The molecular formula is C24H52Cl2N2NiP2. The summed E-state index contributed by atoms with van der Waals surface area (Å²) in [5.74, 6) is 0. The molecule has 0 bridgehead atoms. The summed E-state index contributed by atoms with van der Waals surface area (Å²) < 4.78 is 0. The van der Waals surface area contributed by atoms with E-state index in [0.29, 0.717) is 12.7 Å². The SMILES string of the molecule is CC(C)P(CC=CCN(C)C)C(C)C.CC(C)P(CC=CCN(C)C)C(C)C.[Cl][Ni][Cl]. The average Bonchev–Trinajstić information content (AvgIpc) is 2.60. The number of nitrogens with zero attached hydrogens (tertiary/aromatic N) is 2. The van der Waals surface area contributed by atoms with Crippen LogP contribution < -0.4 is 0 Å². The Morgan fingerprint density at radius 2 is 0.806 bits per heavy atom. The second-order valence-corrected chi connectivity index (χ2v) is 17.8. The quantitative estimate of drug-likeness (QED) is 0.135. The van der Waals surface area contributed by atoms with Crippen LogP contribution in [0.25, 0.3) is 0 Å². The third kappa shape index (κ3) is 27.5. The number of halogens is 2. The summed E-state index contributed by atoms with van der Waals surface area (Å²) in [6, 6.07) is 0. The van der Waals surface area contributed by atoms with Crippen molar-refractivity contribution in [3.8, 4) is 0 Å². The predicted octanol–water partition coefficient (Wildman–Crippen LogP) is 8.18. The molecule has 0 heterocycles. The predicted molar refractivity (Wildman–Crippen MR) is 151 cm³/mol. The molecule has 0 radical (unpaired) electrons. The molecule has 0 aromatic carbocycles. The fraction of sp³-hybridized carbons (Fsp3) is 0.833. The fourth-order valence-electron chi connectivity index (χ4n) is 3.00. The molecule has 0 amide bonds. The normalized spacial score (nSPS) is 12.5. The molecule has 192 valence electrons. The molecule has 0 saturated carbocycles. The van der Waals surface area contributed by atoms with Gasteiger partial charge in [0, 0.05) is 13.1 Å². The van der Waals surface area contributed by atoms with Gasteiger partial charge in [0.05, 0.1) is 0 Å². The first-order valence-corrected chi connectivity index (χ1v) is 17.3. The van der Waals surface area contributed by atoms with E-state index < -0.39 is 0 Å². The van der Waals surface area contributed by atoms with Gasteiger partial charge in [-0.25, -0.2) is 0 Å². The van der Waals surface area contributed by atoms with E-state index in [1.807, 2.05) is 0 Å². The molecule has 7 heteroatoms. The Labute approximate surface area is 213 Å². The molecule has 0 saturated heterocycles. The molecule has 0 aromatic rings. The molecule has 0 fully saturated rings. The van der Waals surface area contributed by atoms with Gasteiger partial charge in [-0.3, -0.25) is 0 Å². The van der Waals surface area contributed by atoms with Gasteiger partial charge >= 0.3 is 33.0 Å². The van der Waals surface area contributed by atoms with Gasteiger partial charge in [0.15, 0.2) is 0 Å². The molecule has 0 spiro atoms. The van der Waals surface area contributed by atoms with Crippen LogP contribution in [0.1, 0.15) is 55.4 Å². The van der Waals surface area contributed by atoms with Gasteiger partial charge < -0.3 is 9.80 Å². The third-order valence-corrected chi connectivity index (χ3v) is 11.1. The van der Waals surface area contributed by atoms with Crippen molar-refractivity contribution in [2.75, 3.05) is 53.6 Å². The van der Waals surface area contributed by atoms with Crippen LogP contribution >= 0.6 is 36.2 Å². The van der Waals surface area contributed by atoms with Crippen LogP contribution in [0.3, 0.4) is 0 Å². The standard InChI is InChI=1S/2C12H26NP.2ClH.Ni/c2*1-11(2)14(12(3)4)10-8-7-9-13(5)6;;;/h2*7-8,11-12H,9-10H2,1-6H3;2*1H;/q;;;;+2/p-2. The van der Waals surface area contributed by atoms with E-state index >= 15 is 0 Å². The maximum absolute atomic E-state index is 4.70. The first-order valence-electron chi connectivity index (χ1n) is 11.2. The van der Waals surface area contributed by atoms with Crippen molar-refractivity contribution in [1.82, 2.24) is 9.80 Å². The van der Waals surface area contributed by atoms with E-state index in [1.54, 1.807) is 0 Å². The minimum absolute atomic E-state index is 0.185. The van der Waals surface area contributed by atoms with Gasteiger partial charge in [0.1, 0.15) is 0 Å². The topological polar surface area (TPSA) is 6.48 Å². The number of hydrogen-bond acceptors (Lipinski definition) is 2. The molecule has 0 aromatic heterocycles. The van der Waals surface area contributed by atoms with Crippen LogP contribution in [0.5, 0.6) is 0 Å². The Hall–Kier alpha value is 1.33. The summed E-state index contributed by atoms with van der Waals surface area (Å²) in [6.07, 6.45) is 11.9. The zero-order chi connectivity index (χ0) is 25.0. The molecular weight excluding hydrogens is 508 g/mol. The molecule has 0 aliphatic rings. The van der Waals surface area contributed by atoms with Gasteiger partial charge in [-0.05, 0) is 63.2 Å². The van der Waals surface area contributed by atoms with E-state index in [4.69, 9.17) is 20.4 Å². The zero-order valence-electron chi connectivity index (χ0n) is 22.3. The fourth-order valence-corrected chi connectivity index (χ4v) is 7.86. The van der Waals surface area contributed by atoms with Gasteiger partial charge in [0.25, 0.3) is 0 Å². The Morgan fingerprint density at radius 1 is 0.581 bits per heavy atom. The second-order valence-electron chi connectivity index (χ2n) is 9.28. The number of rotatable bonds is 12. The van der Waals surface area contributed by atoms with Crippen molar-refractivity contribution < 1.29 is 12.7 Å². The number of allylic oxidation sites excluding steroid dienone is 2. The molecule has 2 nitrogen and oxygen atoms in total. The van der Waals surface area contributed by atoms with E-state index in [9.17, 15) is 0 Å².